The molecule has 0 aliphatic heterocycles. The summed E-state index contributed by atoms with van der Waals surface area (Å²) in [5.41, 5.74) is 0.989. The minimum Gasteiger partial charge on any atom is -0.346 e. The van der Waals surface area contributed by atoms with E-state index in [1.165, 1.54) is 0 Å². The molecule has 1 saturated carbocycles. The maximum Gasteiger partial charge on any atom is 0.242 e. The van der Waals surface area contributed by atoms with Crippen molar-refractivity contribution in [1.29, 1.82) is 0 Å². The van der Waals surface area contributed by atoms with E-state index in [9.17, 15) is 8.42 Å². The molecule has 20 heavy (non-hydrogen) atoms. The average Bonchev–Trinajstić information content (AvgIpc) is 2.88. The first-order valence-electron chi connectivity index (χ1n) is 7.20. The van der Waals surface area contributed by atoms with Gasteiger partial charge in [0.25, 0.3) is 0 Å². The minimum atomic E-state index is -3.39. The third kappa shape index (κ3) is 3.42. The zero-order valence-electron chi connectivity index (χ0n) is 12.7. The Labute approximate surface area is 121 Å². The van der Waals surface area contributed by atoms with Gasteiger partial charge in [0.05, 0.1) is 4.90 Å². The summed E-state index contributed by atoms with van der Waals surface area (Å²) >= 11 is 0. The molecule has 1 fully saturated rings. The molecule has 6 heteroatoms. The second kappa shape index (κ2) is 5.87. The van der Waals surface area contributed by atoms with Gasteiger partial charge in [0.2, 0.25) is 10.0 Å². The first-order chi connectivity index (χ1) is 9.35. The second-order valence-corrected chi connectivity index (χ2v) is 7.79. The van der Waals surface area contributed by atoms with E-state index in [2.05, 4.69) is 30.8 Å². The predicted octanol–water partition coefficient (Wildman–Crippen LogP) is 1.72. The molecule has 2 N–H and O–H groups in total. The van der Waals surface area contributed by atoms with Crippen LogP contribution in [-0.4, -0.2) is 26.6 Å². The Kier molecular flexibility index (Phi) is 4.56. The highest BCUT2D eigenvalue weighted by atomic mass is 32.2. The van der Waals surface area contributed by atoms with Gasteiger partial charge in [0.1, 0.15) is 0 Å². The van der Waals surface area contributed by atoms with Crippen LogP contribution in [0.15, 0.2) is 17.2 Å². The summed E-state index contributed by atoms with van der Waals surface area (Å²) in [5.74, 6) is 1.16. The van der Waals surface area contributed by atoms with Crippen LogP contribution in [0, 0.1) is 11.8 Å². The molecular formula is C14H25N3O2S. The highest BCUT2D eigenvalue weighted by molar-refractivity contribution is 7.89. The van der Waals surface area contributed by atoms with E-state index in [1.54, 1.807) is 12.3 Å². The summed E-state index contributed by atoms with van der Waals surface area (Å²) in [6.45, 7) is 7.47. The maximum atomic E-state index is 12.3. The number of hydrogen-bond donors (Lipinski definition) is 2. The van der Waals surface area contributed by atoms with E-state index in [0.29, 0.717) is 29.8 Å². The van der Waals surface area contributed by atoms with Gasteiger partial charge in [0.15, 0.2) is 0 Å². The summed E-state index contributed by atoms with van der Waals surface area (Å²) in [6.07, 6.45) is 2.86. The fourth-order valence-electron chi connectivity index (χ4n) is 2.43. The lowest BCUT2D eigenvalue weighted by Crippen LogP contribution is -2.25. The number of nitrogens with one attached hydrogen (secondary N) is 2. The van der Waals surface area contributed by atoms with Crippen LogP contribution in [0.4, 0.5) is 0 Å². The van der Waals surface area contributed by atoms with Crippen molar-refractivity contribution >= 4 is 10.0 Å². The summed E-state index contributed by atoms with van der Waals surface area (Å²) in [6, 6.07) is 2.00. The molecule has 2 rings (SSSR count). The Hall–Kier alpha value is -0.850. The van der Waals surface area contributed by atoms with Gasteiger partial charge in [0, 0.05) is 31.0 Å². The van der Waals surface area contributed by atoms with Crippen molar-refractivity contribution in [2.24, 2.45) is 11.8 Å². The lowest BCUT2D eigenvalue weighted by molar-refractivity contribution is 0.560. The van der Waals surface area contributed by atoms with E-state index >= 15 is 0 Å². The van der Waals surface area contributed by atoms with E-state index in [-0.39, 0.29) is 6.04 Å². The van der Waals surface area contributed by atoms with E-state index in [1.807, 2.05) is 11.6 Å². The number of aromatic nitrogens is 1. The Morgan fingerprint density at radius 1 is 1.45 bits per heavy atom. The van der Waals surface area contributed by atoms with Crippen LogP contribution >= 0.6 is 0 Å². The standard InChI is InChI=1S/C14H25N3O2S/c1-10(2)17-9-14(6-13(17)8-15-4)20(18,19)16-7-12-5-11(12)3/h6,9-12,15-16H,5,7-8H2,1-4H3. The summed E-state index contributed by atoms with van der Waals surface area (Å²) in [7, 11) is -1.53. The zero-order valence-corrected chi connectivity index (χ0v) is 13.5. The molecule has 1 aromatic rings. The third-order valence-corrected chi connectivity index (χ3v) is 5.33. The van der Waals surface area contributed by atoms with Gasteiger partial charge in [-0.3, -0.25) is 0 Å². The van der Waals surface area contributed by atoms with Crippen LogP contribution in [0.2, 0.25) is 0 Å². The quantitative estimate of drug-likeness (QED) is 0.806. The van der Waals surface area contributed by atoms with Crippen LogP contribution in [0.5, 0.6) is 0 Å². The van der Waals surface area contributed by atoms with Crippen molar-refractivity contribution in [2.45, 2.75) is 44.7 Å². The smallest absolute Gasteiger partial charge is 0.242 e. The molecular weight excluding hydrogens is 274 g/mol. The minimum absolute atomic E-state index is 0.241. The molecule has 1 aromatic heterocycles. The summed E-state index contributed by atoms with van der Waals surface area (Å²) in [4.78, 5) is 0.366. The van der Waals surface area contributed by atoms with E-state index in [0.717, 1.165) is 12.1 Å². The van der Waals surface area contributed by atoms with Crippen molar-refractivity contribution < 1.29 is 8.42 Å². The van der Waals surface area contributed by atoms with Gasteiger partial charge in [-0.05, 0) is 45.2 Å². The van der Waals surface area contributed by atoms with Gasteiger partial charge in [-0.1, -0.05) is 6.92 Å². The molecule has 1 aliphatic carbocycles. The molecule has 2 unspecified atom stereocenters. The molecule has 0 bridgehead atoms. The highest BCUT2D eigenvalue weighted by Crippen LogP contribution is 2.37. The molecule has 2 atom stereocenters. The van der Waals surface area contributed by atoms with Gasteiger partial charge >= 0.3 is 0 Å². The lowest BCUT2D eigenvalue weighted by atomic mass is 10.3. The number of hydrogen-bond acceptors (Lipinski definition) is 3. The monoisotopic (exact) mass is 299 g/mol. The Morgan fingerprint density at radius 3 is 2.60 bits per heavy atom. The number of sulfonamides is 1. The molecule has 0 radical (unpaired) electrons. The fourth-order valence-corrected chi connectivity index (χ4v) is 3.57. The summed E-state index contributed by atoms with van der Waals surface area (Å²) in [5, 5.41) is 3.07. The molecule has 0 saturated heterocycles. The molecule has 0 amide bonds. The van der Waals surface area contributed by atoms with Crippen LogP contribution in [0.1, 0.15) is 38.9 Å². The fraction of sp³-hybridized carbons (Fsp3) is 0.714. The van der Waals surface area contributed by atoms with Crippen LogP contribution < -0.4 is 10.0 Å². The molecule has 0 spiro atoms. The van der Waals surface area contributed by atoms with Gasteiger partial charge < -0.3 is 9.88 Å². The first-order valence-corrected chi connectivity index (χ1v) is 8.68. The van der Waals surface area contributed by atoms with Crippen LogP contribution in [-0.2, 0) is 16.6 Å². The predicted molar refractivity (Wildman–Crippen MR) is 80.0 cm³/mol. The Bertz CT molecular complexity index is 563. The highest BCUT2D eigenvalue weighted by Gasteiger charge is 2.33. The van der Waals surface area contributed by atoms with E-state index in [4.69, 9.17) is 0 Å². The Balaban J connectivity index is 2.15. The maximum absolute atomic E-state index is 12.3. The molecule has 114 valence electrons. The van der Waals surface area contributed by atoms with Crippen molar-refractivity contribution in [2.75, 3.05) is 13.6 Å². The normalized spacial score (nSPS) is 22.4. The second-order valence-electron chi connectivity index (χ2n) is 6.02. The third-order valence-electron chi connectivity index (χ3n) is 3.94. The van der Waals surface area contributed by atoms with Gasteiger partial charge in [-0.15, -0.1) is 0 Å². The lowest BCUT2D eigenvalue weighted by Gasteiger charge is -2.12. The van der Waals surface area contributed by atoms with Crippen molar-refractivity contribution in [3.8, 4) is 0 Å². The largest absolute Gasteiger partial charge is 0.346 e. The van der Waals surface area contributed by atoms with Gasteiger partial charge in [-0.2, -0.15) is 0 Å². The van der Waals surface area contributed by atoms with Gasteiger partial charge in [-0.25, -0.2) is 13.1 Å². The number of rotatable bonds is 7. The number of nitrogens with zero attached hydrogens (tertiary/aromatic N) is 1. The first kappa shape index (κ1) is 15.5. The average molecular weight is 299 g/mol. The van der Waals surface area contributed by atoms with Crippen molar-refractivity contribution in [3.05, 3.63) is 18.0 Å². The van der Waals surface area contributed by atoms with Crippen LogP contribution in [0.25, 0.3) is 0 Å². The van der Waals surface area contributed by atoms with Crippen LogP contribution in [0.3, 0.4) is 0 Å². The van der Waals surface area contributed by atoms with E-state index < -0.39 is 10.0 Å². The molecule has 1 heterocycles. The molecule has 1 aliphatic rings. The molecule has 5 nitrogen and oxygen atoms in total. The summed E-state index contributed by atoms with van der Waals surface area (Å²) < 4.78 is 29.4. The van der Waals surface area contributed by atoms with Crippen molar-refractivity contribution in [1.82, 2.24) is 14.6 Å². The Morgan fingerprint density at radius 2 is 2.10 bits per heavy atom. The SMILES string of the molecule is CNCc1cc(S(=O)(=O)NCC2CC2C)cn1C(C)C. The topological polar surface area (TPSA) is 63.1 Å². The zero-order chi connectivity index (χ0) is 14.9. The van der Waals surface area contributed by atoms with Crippen molar-refractivity contribution in [3.63, 3.8) is 0 Å². The molecule has 0 aromatic carbocycles.